The largest absolute Gasteiger partial charge is 1.00 e. The molecule has 0 unspecified atom stereocenters. The average molecular weight is 408 g/mol. The summed E-state index contributed by atoms with van der Waals surface area (Å²) < 4.78 is 0. The van der Waals surface area contributed by atoms with Crippen molar-refractivity contribution >= 4 is 29.5 Å². The van der Waals surface area contributed by atoms with E-state index in [2.05, 4.69) is 9.97 Å². The number of ketones is 2. The first kappa shape index (κ1) is 23.5. The van der Waals surface area contributed by atoms with Gasteiger partial charge >= 0.3 is 121 Å². The fraction of sp³-hybridized carbons (Fsp3) is 0. The van der Waals surface area contributed by atoms with E-state index in [0.29, 0.717) is 0 Å². The van der Waals surface area contributed by atoms with Crippen LogP contribution in [-0.2, 0) is 0 Å². The molecule has 2 heterocycles. The fourth-order valence-electron chi connectivity index (χ4n) is 2.42. The van der Waals surface area contributed by atoms with Crippen molar-refractivity contribution in [1.82, 2.24) is 9.97 Å². The van der Waals surface area contributed by atoms with Crippen LogP contribution in [-0.4, -0.2) is 54.8 Å². The number of hydrogen-bond acceptors (Lipinski definition) is 6. The van der Waals surface area contributed by atoms with Gasteiger partial charge in [-0.2, -0.15) is 0 Å². The fourth-order valence-corrected chi connectivity index (χ4v) is 2.42. The Bertz CT molecular complexity index is 995. The van der Waals surface area contributed by atoms with Crippen LogP contribution in [0.5, 0.6) is 0 Å². The van der Waals surface area contributed by atoms with Crippen LogP contribution in [0.3, 0.4) is 0 Å². The molecule has 26 heavy (non-hydrogen) atoms. The Kier molecular flexibility index (Phi) is 7.81. The molecule has 0 saturated heterocycles. The van der Waals surface area contributed by atoms with Crippen molar-refractivity contribution in [2.24, 2.45) is 0 Å². The van der Waals surface area contributed by atoms with E-state index in [4.69, 9.17) is 10.2 Å². The van der Waals surface area contributed by atoms with Gasteiger partial charge in [0.2, 0.25) is 5.78 Å². The minimum absolute atomic E-state index is 0. The summed E-state index contributed by atoms with van der Waals surface area (Å²) in [6.07, 6.45) is 0. The third-order valence-electron chi connectivity index (χ3n) is 3.43. The Labute approximate surface area is 229 Å². The van der Waals surface area contributed by atoms with Crippen molar-refractivity contribution in [2.45, 2.75) is 0 Å². The van der Waals surface area contributed by atoms with Crippen molar-refractivity contribution in [3.63, 3.8) is 0 Å². The minimum Gasteiger partial charge on any atom is -0.478 e. The van der Waals surface area contributed by atoms with Gasteiger partial charge in [-0.1, -0.05) is 0 Å². The van der Waals surface area contributed by atoms with E-state index in [1.165, 1.54) is 0 Å². The van der Waals surface area contributed by atoms with Gasteiger partial charge < -0.3 is 20.3 Å². The predicted octanol–water partition coefficient (Wildman–Crippen LogP) is -5.44. The van der Waals surface area contributed by atoms with Crippen molar-refractivity contribution in [2.75, 3.05) is 0 Å². The number of carboxylic acid groups (broad SMARTS) is 3. The van der Waals surface area contributed by atoms with Gasteiger partial charge in [0.05, 0.1) is 16.8 Å². The molecule has 0 saturated carbocycles. The molecule has 1 aliphatic rings. The number of aromatic nitrogens is 2. The van der Waals surface area contributed by atoms with Crippen molar-refractivity contribution in [3.05, 3.63) is 40.3 Å². The van der Waals surface area contributed by atoms with E-state index >= 15 is 0 Å². The molecule has 12 heteroatoms. The summed E-state index contributed by atoms with van der Waals surface area (Å²) in [5.74, 6) is -6.87. The van der Waals surface area contributed by atoms with Crippen LogP contribution in [0.1, 0.15) is 52.2 Å². The molecule has 120 valence electrons. The number of H-pyrrole nitrogens is 1. The van der Waals surface area contributed by atoms with E-state index in [0.717, 1.165) is 12.1 Å². The first-order valence-electron chi connectivity index (χ1n) is 6.29. The van der Waals surface area contributed by atoms with Gasteiger partial charge in [0, 0.05) is 5.56 Å². The molecule has 0 aromatic carbocycles. The quantitative estimate of drug-likeness (QED) is 0.285. The molecule has 1 aliphatic carbocycles. The molecule has 10 nitrogen and oxygen atoms in total. The topological polar surface area (TPSA) is 175 Å². The second-order valence-electron chi connectivity index (χ2n) is 4.82. The van der Waals surface area contributed by atoms with Crippen LogP contribution in [0, 0.1) is 0 Å². The van der Waals surface area contributed by atoms with E-state index in [9.17, 15) is 29.1 Å². The number of nitrogens with zero attached hydrogens (tertiary/aromatic N) is 1. The number of nitrogens with one attached hydrogen (secondary N) is 1. The van der Waals surface area contributed by atoms with Crippen molar-refractivity contribution in [3.8, 4) is 11.3 Å². The molecule has 2 aromatic rings. The number of hydrogen-bond donors (Lipinski definition) is 4. The van der Waals surface area contributed by atoms with Gasteiger partial charge in [-0.15, -0.1) is 0 Å². The zero-order valence-electron chi connectivity index (χ0n) is 13.5. The Morgan fingerprint density at radius 3 is 2.00 bits per heavy atom. The number of aromatic amines is 1. The standard InChI is InChI=1S/C14H6N2O8.2K/c17-10-4-2-6(14(23)24)15-8(4)7-3(12(19)20)1-5(13(21)22)16-9(7)11(10)18;;/h1-2,15H,(H,19,20)(H,21,22)(H,23,24);;/q;2*+1. The third-order valence-corrected chi connectivity index (χ3v) is 3.43. The van der Waals surface area contributed by atoms with Crippen molar-refractivity contribution < 1.29 is 142 Å². The minimum atomic E-state index is -1.58. The van der Waals surface area contributed by atoms with Crippen LogP contribution in [0.4, 0.5) is 0 Å². The molecule has 0 spiro atoms. The van der Waals surface area contributed by atoms with Gasteiger partial charge in [-0.05, 0) is 12.1 Å². The molecule has 0 amide bonds. The number of carbonyl (C=O) groups is 5. The number of aromatic carboxylic acids is 3. The second kappa shape index (κ2) is 8.64. The molecule has 0 atom stereocenters. The van der Waals surface area contributed by atoms with Gasteiger partial charge in [-0.25, -0.2) is 19.4 Å². The Morgan fingerprint density at radius 1 is 0.885 bits per heavy atom. The van der Waals surface area contributed by atoms with Crippen molar-refractivity contribution in [1.29, 1.82) is 0 Å². The van der Waals surface area contributed by atoms with Crippen LogP contribution in [0.25, 0.3) is 11.3 Å². The van der Waals surface area contributed by atoms with Crippen LogP contribution < -0.4 is 103 Å². The molecule has 4 N–H and O–H groups in total. The summed E-state index contributed by atoms with van der Waals surface area (Å²) in [5.41, 5.74) is -3.21. The number of fused-ring (bicyclic) bond motifs is 3. The number of pyridine rings is 1. The average Bonchev–Trinajstić information content (AvgIpc) is 2.96. The molecule has 3 rings (SSSR count). The smallest absolute Gasteiger partial charge is 0.478 e. The monoisotopic (exact) mass is 408 g/mol. The van der Waals surface area contributed by atoms with Gasteiger partial charge in [0.15, 0.2) is 0 Å². The Balaban J connectivity index is 0.00000169. The third kappa shape index (κ3) is 3.84. The summed E-state index contributed by atoms with van der Waals surface area (Å²) in [6, 6.07) is 1.65. The van der Waals surface area contributed by atoms with E-state index in [-0.39, 0.29) is 120 Å². The van der Waals surface area contributed by atoms with Gasteiger partial charge in [-0.3, -0.25) is 9.59 Å². The molecule has 0 fully saturated rings. The molecular weight excluding hydrogens is 402 g/mol. The Hall–Kier alpha value is -0.547. The molecule has 2 aromatic heterocycles. The summed E-state index contributed by atoms with van der Waals surface area (Å²) in [6.45, 7) is 0. The molecule has 0 aliphatic heterocycles. The van der Waals surface area contributed by atoms with Crippen LogP contribution in [0.2, 0.25) is 0 Å². The van der Waals surface area contributed by atoms with E-state index in [1.807, 2.05) is 0 Å². The van der Waals surface area contributed by atoms with E-state index < -0.39 is 52.1 Å². The number of carboxylic acids is 3. The zero-order chi connectivity index (χ0) is 17.8. The van der Waals surface area contributed by atoms with E-state index in [1.54, 1.807) is 0 Å². The summed E-state index contributed by atoms with van der Waals surface area (Å²) in [7, 11) is 0. The SMILES string of the molecule is O=C(O)c1cc(C(=O)O)c2c(n1)C(=O)C(=O)c1cc(C(=O)O)[nH]c1-2.[K+].[K+]. The predicted molar refractivity (Wildman–Crippen MR) is 73.6 cm³/mol. The zero-order valence-corrected chi connectivity index (χ0v) is 19.7. The number of rotatable bonds is 3. The Morgan fingerprint density at radius 2 is 1.50 bits per heavy atom. The summed E-state index contributed by atoms with van der Waals surface area (Å²) >= 11 is 0. The first-order chi connectivity index (χ1) is 11.2. The maximum atomic E-state index is 12.1. The van der Waals surface area contributed by atoms with Crippen LogP contribution >= 0.6 is 0 Å². The maximum absolute atomic E-state index is 12.1. The molecule has 0 radical (unpaired) electrons. The normalized spacial score (nSPS) is 11.5. The number of Topliss-reactive ketones (excluding diaryl/α,β-unsaturated/α-hetero) is 2. The summed E-state index contributed by atoms with van der Waals surface area (Å²) in [5, 5.41) is 27.3. The van der Waals surface area contributed by atoms with Gasteiger partial charge in [0.25, 0.3) is 5.78 Å². The molecule has 0 bridgehead atoms. The second-order valence-corrected chi connectivity index (χ2v) is 4.82. The van der Waals surface area contributed by atoms with Crippen LogP contribution in [0.15, 0.2) is 12.1 Å². The molecular formula is C14H6K2N2O8+2. The van der Waals surface area contributed by atoms with Gasteiger partial charge in [0.1, 0.15) is 17.1 Å². The first-order valence-corrected chi connectivity index (χ1v) is 6.29. The maximum Gasteiger partial charge on any atom is 1.00 e. The number of carbonyl (C=O) groups excluding carboxylic acids is 2. The summed E-state index contributed by atoms with van der Waals surface area (Å²) in [4.78, 5) is 63.7.